The van der Waals surface area contributed by atoms with Crippen molar-refractivity contribution in [3.05, 3.63) is 33.9 Å². The van der Waals surface area contributed by atoms with Gasteiger partial charge in [-0.25, -0.2) is 4.79 Å². The summed E-state index contributed by atoms with van der Waals surface area (Å²) >= 11 is 0. The van der Waals surface area contributed by atoms with Crippen molar-refractivity contribution in [3.63, 3.8) is 0 Å². The fraction of sp³-hybridized carbons (Fsp3) is 0.533. The van der Waals surface area contributed by atoms with Gasteiger partial charge in [-0.15, -0.1) is 0 Å². The first-order valence-corrected chi connectivity index (χ1v) is 6.99. The fourth-order valence-corrected chi connectivity index (χ4v) is 2.45. The molecule has 0 aromatic heterocycles. The maximum Gasteiger partial charge on any atom is 0.338 e. The number of benzene rings is 1. The average molecular weight is 294 g/mol. The van der Waals surface area contributed by atoms with Crippen molar-refractivity contribution < 1.29 is 14.8 Å². The molecule has 0 atom stereocenters. The molecule has 6 heteroatoms. The lowest BCUT2D eigenvalue weighted by molar-refractivity contribution is -0.384. The predicted octanol–water partition coefficient (Wildman–Crippen LogP) is 3.63. The zero-order valence-electron chi connectivity index (χ0n) is 12.8. The molecule has 0 saturated heterocycles. The van der Waals surface area contributed by atoms with Crippen molar-refractivity contribution >= 4 is 17.3 Å². The summed E-state index contributed by atoms with van der Waals surface area (Å²) in [4.78, 5) is 21.4. The summed E-state index contributed by atoms with van der Waals surface area (Å²) in [6.07, 6.45) is 0. The minimum absolute atomic E-state index is 0.0736. The molecule has 1 aromatic rings. The summed E-state index contributed by atoms with van der Waals surface area (Å²) in [6.45, 7) is 9.13. The van der Waals surface area contributed by atoms with E-state index >= 15 is 0 Å². The van der Waals surface area contributed by atoms with E-state index in [9.17, 15) is 20.0 Å². The summed E-state index contributed by atoms with van der Waals surface area (Å²) in [5, 5.41) is 23.0. The molecule has 21 heavy (non-hydrogen) atoms. The van der Waals surface area contributed by atoms with Gasteiger partial charge < -0.3 is 10.4 Å². The summed E-state index contributed by atoms with van der Waals surface area (Å²) in [6, 6.07) is 3.86. The van der Waals surface area contributed by atoms with Crippen LogP contribution in [0, 0.1) is 27.9 Å². The lowest BCUT2D eigenvalue weighted by Crippen LogP contribution is -2.25. The van der Waals surface area contributed by atoms with Gasteiger partial charge in [0.25, 0.3) is 5.69 Å². The molecule has 0 aliphatic rings. The Morgan fingerprint density at radius 2 is 1.86 bits per heavy atom. The maximum atomic E-state index is 11.2. The summed E-state index contributed by atoms with van der Waals surface area (Å²) in [7, 11) is 0. The van der Waals surface area contributed by atoms with Gasteiger partial charge >= 0.3 is 5.97 Å². The van der Waals surface area contributed by atoms with Crippen LogP contribution in [-0.4, -0.2) is 22.5 Å². The highest BCUT2D eigenvalue weighted by Gasteiger charge is 2.20. The van der Waals surface area contributed by atoms with Crippen molar-refractivity contribution in [2.45, 2.75) is 27.7 Å². The number of carbonyl (C=O) groups is 1. The SMILES string of the molecule is CC(C)C(CNc1ccc([N+](=O)[O-])cc1C(=O)O)C(C)C. The Hall–Kier alpha value is -2.11. The van der Waals surface area contributed by atoms with Gasteiger partial charge in [-0.1, -0.05) is 27.7 Å². The third kappa shape index (κ3) is 4.44. The van der Waals surface area contributed by atoms with Crippen LogP contribution in [0.4, 0.5) is 11.4 Å². The van der Waals surface area contributed by atoms with Gasteiger partial charge in [0, 0.05) is 24.4 Å². The van der Waals surface area contributed by atoms with Gasteiger partial charge in [0.05, 0.1) is 10.5 Å². The summed E-state index contributed by atoms with van der Waals surface area (Å²) in [5.41, 5.74) is 0.122. The molecule has 0 saturated carbocycles. The van der Waals surface area contributed by atoms with Crippen LogP contribution in [0.15, 0.2) is 18.2 Å². The second kappa shape index (κ2) is 7.06. The molecule has 0 aliphatic heterocycles. The van der Waals surface area contributed by atoms with Gasteiger partial charge in [0.2, 0.25) is 0 Å². The van der Waals surface area contributed by atoms with E-state index in [4.69, 9.17) is 0 Å². The van der Waals surface area contributed by atoms with E-state index in [2.05, 4.69) is 33.0 Å². The molecule has 0 amide bonds. The highest BCUT2D eigenvalue weighted by atomic mass is 16.6. The van der Waals surface area contributed by atoms with Crippen molar-refractivity contribution in [3.8, 4) is 0 Å². The molecule has 1 aromatic carbocycles. The van der Waals surface area contributed by atoms with Gasteiger partial charge in [0.1, 0.15) is 0 Å². The first kappa shape index (κ1) is 16.9. The van der Waals surface area contributed by atoms with E-state index in [1.807, 2.05) is 0 Å². The first-order valence-electron chi connectivity index (χ1n) is 6.99. The Balaban J connectivity index is 2.97. The van der Waals surface area contributed by atoms with Crippen LogP contribution >= 0.6 is 0 Å². The zero-order chi connectivity index (χ0) is 16.2. The van der Waals surface area contributed by atoms with Crippen LogP contribution in [0.1, 0.15) is 38.1 Å². The molecule has 0 heterocycles. The van der Waals surface area contributed by atoms with Crippen molar-refractivity contribution in [2.75, 3.05) is 11.9 Å². The van der Waals surface area contributed by atoms with E-state index in [-0.39, 0.29) is 11.3 Å². The second-order valence-corrected chi connectivity index (χ2v) is 5.82. The van der Waals surface area contributed by atoms with Crippen LogP contribution in [0.2, 0.25) is 0 Å². The highest BCUT2D eigenvalue weighted by Crippen LogP contribution is 2.25. The number of hydrogen-bond acceptors (Lipinski definition) is 4. The average Bonchev–Trinajstić information content (AvgIpc) is 2.37. The predicted molar refractivity (Wildman–Crippen MR) is 81.7 cm³/mol. The minimum Gasteiger partial charge on any atom is -0.478 e. The van der Waals surface area contributed by atoms with Crippen molar-refractivity contribution in [1.29, 1.82) is 0 Å². The fourth-order valence-electron chi connectivity index (χ4n) is 2.45. The lowest BCUT2D eigenvalue weighted by atomic mass is 9.85. The molecule has 0 spiro atoms. The Bertz CT molecular complexity index is 518. The molecule has 0 radical (unpaired) electrons. The number of rotatable bonds is 7. The number of aromatic carboxylic acids is 1. The Morgan fingerprint density at radius 3 is 2.29 bits per heavy atom. The van der Waals surface area contributed by atoms with Gasteiger partial charge in [-0.2, -0.15) is 0 Å². The smallest absolute Gasteiger partial charge is 0.338 e. The van der Waals surface area contributed by atoms with Crippen LogP contribution in [-0.2, 0) is 0 Å². The van der Waals surface area contributed by atoms with Crippen LogP contribution in [0.5, 0.6) is 0 Å². The Labute approximate surface area is 124 Å². The number of carboxylic acid groups (broad SMARTS) is 1. The van der Waals surface area contributed by atoms with Crippen LogP contribution in [0.3, 0.4) is 0 Å². The number of carboxylic acids is 1. The van der Waals surface area contributed by atoms with Gasteiger partial charge in [-0.05, 0) is 23.8 Å². The molecule has 1 rings (SSSR count). The quantitative estimate of drug-likeness (QED) is 0.591. The van der Waals surface area contributed by atoms with Crippen LogP contribution < -0.4 is 5.32 Å². The number of nitrogens with zero attached hydrogens (tertiary/aromatic N) is 1. The number of nitro groups is 1. The topological polar surface area (TPSA) is 92.5 Å². The zero-order valence-corrected chi connectivity index (χ0v) is 12.8. The van der Waals surface area contributed by atoms with Crippen molar-refractivity contribution in [1.82, 2.24) is 0 Å². The molecule has 116 valence electrons. The maximum absolute atomic E-state index is 11.2. The third-order valence-corrected chi connectivity index (χ3v) is 3.69. The monoisotopic (exact) mass is 294 g/mol. The molecule has 0 bridgehead atoms. The normalized spacial score (nSPS) is 11.2. The van der Waals surface area contributed by atoms with Crippen molar-refractivity contribution in [2.24, 2.45) is 17.8 Å². The second-order valence-electron chi connectivity index (χ2n) is 5.82. The molecule has 2 N–H and O–H groups in total. The minimum atomic E-state index is -1.17. The highest BCUT2D eigenvalue weighted by molar-refractivity contribution is 5.95. The molecule has 0 aliphatic carbocycles. The molecule has 0 unspecified atom stereocenters. The van der Waals surface area contributed by atoms with E-state index < -0.39 is 10.9 Å². The number of anilines is 1. The number of non-ortho nitro benzene ring substituents is 1. The largest absolute Gasteiger partial charge is 0.478 e. The molecular weight excluding hydrogens is 272 g/mol. The Morgan fingerprint density at radius 1 is 1.29 bits per heavy atom. The lowest BCUT2D eigenvalue weighted by Gasteiger charge is -2.25. The van der Waals surface area contributed by atoms with Gasteiger partial charge in [-0.3, -0.25) is 10.1 Å². The van der Waals surface area contributed by atoms with E-state index in [0.29, 0.717) is 30.0 Å². The Kier molecular flexibility index (Phi) is 5.69. The van der Waals surface area contributed by atoms with E-state index in [1.165, 1.54) is 12.1 Å². The first-order chi connectivity index (χ1) is 9.73. The van der Waals surface area contributed by atoms with E-state index in [1.54, 1.807) is 0 Å². The third-order valence-electron chi connectivity index (χ3n) is 3.69. The van der Waals surface area contributed by atoms with E-state index in [0.717, 1.165) is 6.07 Å². The number of nitro benzene ring substituents is 1. The summed E-state index contributed by atoms with van der Waals surface area (Å²) in [5.74, 6) is 0.140. The summed E-state index contributed by atoms with van der Waals surface area (Å²) < 4.78 is 0. The number of hydrogen-bond donors (Lipinski definition) is 2. The molecule has 6 nitrogen and oxygen atoms in total. The molecule has 0 fully saturated rings. The number of nitrogens with one attached hydrogen (secondary N) is 1. The van der Waals surface area contributed by atoms with Gasteiger partial charge in [0.15, 0.2) is 0 Å². The standard InChI is InChI=1S/C15H22N2O4/c1-9(2)13(10(3)4)8-16-14-6-5-11(17(20)21)7-12(14)15(18)19/h5-7,9-10,13,16H,8H2,1-4H3,(H,18,19). The molecular formula is C15H22N2O4. The van der Waals surface area contributed by atoms with Crippen LogP contribution in [0.25, 0.3) is 0 Å².